The fraction of sp³-hybridized carbons (Fsp3) is 0.667. The van der Waals surface area contributed by atoms with E-state index >= 15 is 0 Å². The maximum absolute atomic E-state index is 5.74. The highest BCUT2D eigenvalue weighted by Crippen LogP contribution is 2.26. The average Bonchev–Trinajstić information content (AvgIpc) is 2.49. The Bertz CT molecular complexity index is 416. The van der Waals surface area contributed by atoms with E-state index in [4.69, 9.17) is 14.2 Å². The molecule has 1 aromatic heterocycles. The summed E-state index contributed by atoms with van der Waals surface area (Å²) < 4.78 is 19.0. The molecule has 5 nitrogen and oxygen atoms in total. The van der Waals surface area contributed by atoms with E-state index < -0.39 is 0 Å². The Morgan fingerprint density at radius 3 is 2.62 bits per heavy atom. The number of methoxy groups -OCH3 is 2. The number of ether oxygens (including phenoxy) is 3. The van der Waals surface area contributed by atoms with Crippen LogP contribution in [0.15, 0.2) is 12.3 Å². The summed E-state index contributed by atoms with van der Waals surface area (Å²) in [6, 6.07) is 2.27. The molecule has 120 valence electrons. The van der Waals surface area contributed by atoms with Crippen LogP contribution in [0.25, 0.3) is 0 Å². The fourth-order valence-electron chi connectivity index (χ4n) is 1.91. The molecule has 0 unspecified atom stereocenters. The molecule has 0 aliphatic carbocycles. The van der Waals surface area contributed by atoms with Crippen molar-refractivity contribution in [2.24, 2.45) is 5.92 Å². The van der Waals surface area contributed by atoms with E-state index in [2.05, 4.69) is 36.4 Å². The van der Waals surface area contributed by atoms with Crippen LogP contribution in [0, 0.1) is 5.92 Å². The molecular formula is C15H26N2O3S. The molecule has 1 rings (SSSR count). The molecule has 0 aliphatic rings. The molecule has 0 aromatic carbocycles. The number of aromatic nitrogens is 1. The van der Waals surface area contributed by atoms with Crippen LogP contribution in [-0.4, -0.2) is 38.5 Å². The first-order valence-corrected chi connectivity index (χ1v) is 7.61. The molecule has 1 aromatic rings. The molecule has 0 saturated heterocycles. The Labute approximate surface area is 132 Å². The molecule has 21 heavy (non-hydrogen) atoms. The monoisotopic (exact) mass is 314 g/mol. The lowest BCUT2D eigenvalue weighted by atomic mass is 9.98. The number of nitrogens with zero attached hydrogens (tertiary/aromatic N) is 1. The van der Waals surface area contributed by atoms with Crippen LogP contribution >= 0.6 is 12.8 Å². The van der Waals surface area contributed by atoms with Gasteiger partial charge in [0.1, 0.15) is 0 Å². The predicted molar refractivity (Wildman–Crippen MR) is 87.2 cm³/mol. The van der Waals surface area contributed by atoms with E-state index in [1.165, 1.54) is 0 Å². The van der Waals surface area contributed by atoms with Gasteiger partial charge in [-0.1, -0.05) is 26.7 Å². The molecule has 0 amide bonds. The van der Waals surface area contributed by atoms with Crippen LogP contribution in [-0.2, 0) is 11.2 Å². The predicted octanol–water partition coefficient (Wildman–Crippen LogP) is 2.51. The average molecular weight is 314 g/mol. The molecule has 6 heteroatoms. The summed E-state index contributed by atoms with van der Waals surface area (Å²) in [7, 11) is 3.27. The van der Waals surface area contributed by atoms with Gasteiger partial charge in [-0.3, -0.25) is 4.72 Å². The number of pyridine rings is 1. The lowest BCUT2D eigenvalue weighted by Crippen LogP contribution is -2.29. The second kappa shape index (κ2) is 9.87. The van der Waals surface area contributed by atoms with Crippen molar-refractivity contribution in [1.29, 1.82) is 0 Å². The van der Waals surface area contributed by atoms with Crippen LogP contribution in [0.1, 0.15) is 25.8 Å². The van der Waals surface area contributed by atoms with Gasteiger partial charge in [0, 0.05) is 32.4 Å². The number of rotatable bonds is 10. The van der Waals surface area contributed by atoms with Crippen LogP contribution in [0.3, 0.4) is 0 Å². The summed E-state index contributed by atoms with van der Waals surface area (Å²) in [5, 5.41) is 0. The number of nitrogens with one attached hydrogen (secondary N) is 1. The third-order valence-electron chi connectivity index (χ3n) is 3.24. The minimum absolute atomic E-state index is 0.282. The second-order valence-electron chi connectivity index (χ2n) is 5.23. The topological polar surface area (TPSA) is 52.6 Å². The van der Waals surface area contributed by atoms with Crippen LogP contribution in [0.5, 0.6) is 11.6 Å². The molecule has 1 atom stereocenters. The molecule has 0 spiro atoms. The van der Waals surface area contributed by atoms with Gasteiger partial charge in [-0.25, -0.2) is 4.98 Å². The standard InChI is InChI=1S/C15H26N2O3S/c1-11(2)13(17-21)8-12-9-14(15(19-4)16-10-12)20-7-5-6-18-3/h9-11,13,17,21H,5-8H2,1-4H3/t13-/m0/s1. The van der Waals surface area contributed by atoms with E-state index in [9.17, 15) is 0 Å². The Morgan fingerprint density at radius 1 is 1.29 bits per heavy atom. The number of hydrogen-bond acceptors (Lipinski definition) is 6. The molecule has 1 N–H and O–H groups in total. The highest BCUT2D eigenvalue weighted by atomic mass is 32.1. The SMILES string of the molecule is COCCCOc1cc(C[C@H](NS)C(C)C)cnc1OC. The van der Waals surface area contributed by atoms with Crippen molar-refractivity contribution in [3.63, 3.8) is 0 Å². The Kier molecular flexibility index (Phi) is 8.49. The molecule has 0 bridgehead atoms. The largest absolute Gasteiger partial charge is 0.488 e. The molecule has 0 aliphatic heterocycles. The molecule has 0 fully saturated rings. The summed E-state index contributed by atoms with van der Waals surface area (Å²) in [6.45, 7) is 5.57. The summed E-state index contributed by atoms with van der Waals surface area (Å²) in [6.07, 6.45) is 3.49. The van der Waals surface area contributed by atoms with Gasteiger partial charge in [0.05, 0.1) is 13.7 Å². The molecular weight excluding hydrogens is 288 g/mol. The third-order valence-corrected chi connectivity index (χ3v) is 3.58. The van der Waals surface area contributed by atoms with Crippen molar-refractivity contribution in [3.05, 3.63) is 17.8 Å². The molecule has 1 heterocycles. The van der Waals surface area contributed by atoms with Crippen molar-refractivity contribution >= 4 is 12.8 Å². The summed E-state index contributed by atoms with van der Waals surface area (Å²) in [5.41, 5.74) is 1.10. The van der Waals surface area contributed by atoms with Gasteiger partial charge >= 0.3 is 0 Å². The summed E-state index contributed by atoms with van der Waals surface area (Å²) in [5.74, 6) is 1.67. The smallest absolute Gasteiger partial charge is 0.256 e. The third kappa shape index (κ3) is 6.11. The van der Waals surface area contributed by atoms with Gasteiger partial charge < -0.3 is 14.2 Å². The molecule has 0 radical (unpaired) electrons. The zero-order valence-corrected chi connectivity index (χ0v) is 14.2. The van der Waals surface area contributed by atoms with Crippen molar-refractivity contribution in [3.8, 4) is 11.6 Å². The van der Waals surface area contributed by atoms with Gasteiger partial charge in [-0.15, -0.1) is 0 Å². The van der Waals surface area contributed by atoms with Crippen LogP contribution in [0.4, 0.5) is 0 Å². The van der Waals surface area contributed by atoms with Crippen molar-refractivity contribution in [2.45, 2.75) is 32.7 Å². The van der Waals surface area contributed by atoms with E-state index in [0.717, 1.165) is 18.4 Å². The van der Waals surface area contributed by atoms with Crippen molar-refractivity contribution < 1.29 is 14.2 Å². The highest BCUT2D eigenvalue weighted by Gasteiger charge is 2.14. The van der Waals surface area contributed by atoms with E-state index in [1.807, 2.05) is 12.3 Å². The van der Waals surface area contributed by atoms with Gasteiger partial charge in [-0.2, -0.15) is 0 Å². The fourth-order valence-corrected chi connectivity index (χ4v) is 2.30. The highest BCUT2D eigenvalue weighted by molar-refractivity contribution is 7.78. The first kappa shape index (κ1) is 18.1. The quantitative estimate of drug-likeness (QED) is 0.513. The lowest BCUT2D eigenvalue weighted by Gasteiger charge is -2.20. The molecule has 0 saturated carbocycles. The van der Waals surface area contributed by atoms with E-state index in [-0.39, 0.29) is 6.04 Å². The second-order valence-corrected chi connectivity index (χ2v) is 5.49. The summed E-state index contributed by atoms with van der Waals surface area (Å²) in [4.78, 5) is 4.31. The number of thiol groups is 1. The Balaban J connectivity index is 2.74. The van der Waals surface area contributed by atoms with E-state index in [1.54, 1.807) is 14.2 Å². The van der Waals surface area contributed by atoms with Crippen LogP contribution in [0.2, 0.25) is 0 Å². The minimum Gasteiger partial charge on any atom is -0.488 e. The lowest BCUT2D eigenvalue weighted by molar-refractivity contribution is 0.170. The first-order chi connectivity index (χ1) is 10.1. The van der Waals surface area contributed by atoms with Gasteiger partial charge in [0.2, 0.25) is 0 Å². The van der Waals surface area contributed by atoms with Gasteiger partial charge in [0.15, 0.2) is 5.75 Å². The number of hydrogen-bond donors (Lipinski definition) is 2. The summed E-state index contributed by atoms with van der Waals surface area (Å²) >= 11 is 4.19. The maximum atomic E-state index is 5.74. The van der Waals surface area contributed by atoms with Crippen LogP contribution < -0.4 is 14.2 Å². The first-order valence-electron chi connectivity index (χ1n) is 7.16. The van der Waals surface area contributed by atoms with Crippen molar-refractivity contribution in [1.82, 2.24) is 9.71 Å². The van der Waals surface area contributed by atoms with E-state index in [0.29, 0.717) is 30.8 Å². The Hall–Kier alpha value is -0.980. The zero-order chi connectivity index (χ0) is 15.7. The van der Waals surface area contributed by atoms with Gasteiger partial charge in [0.25, 0.3) is 5.88 Å². The Morgan fingerprint density at radius 2 is 2.05 bits per heavy atom. The van der Waals surface area contributed by atoms with Gasteiger partial charge in [-0.05, 0) is 24.0 Å². The minimum atomic E-state index is 0.282. The normalized spacial score (nSPS) is 12.5. The zero-order valence-electron chi connectivity index (χ0n) is 13.3. The van der Waals surface area contributed by atoms with Crippen molar-refractivity contribution in [2.75, 3.05) is 27.4 Å². The maximum Gasteiger partial charge on any atom is 0.256 e.